The third-order valence-electron chi connectivity index (χ3n) is 4.74. The van der Waals surface area contributed by atoms with E-state index in [0.29, 0.717) is 5.56 Å². The van der Waals surface area contributed by atoms with Crippen LogP contribution < -0.4 is 15.5 Å². The zero-order valence-corrected chi connectivity index (χ0v) is 15.0. The molecule has 1 saturated heterocycles. The zero-order valence-electron chi connectivity index (χ0n) is 15.0. The molecular weight excluding hydrogens is 336 g/mol. The Morgan fingerprint density at radius 2 is 1.74 bits per heavy atom. The number of piperazine rings is 1. The molecule has 4 rings (SSSR count). The Morgan fingerprint density at radius 1 is 1.00 bits per heavy atom. The van der Waals surface area contributed by atoms with Crippen molar-refractivity contribution in [2.75, 3.05) is 29.9 Å². The number of hydrogen-bond donors (Lipinski definition) is 2. The summed E-state index contributed by atoms with van der Waals surface area (Å²) in [6.45, 7) is 2.65. The van der Waals surface area contributed by atoms with E-state index in [1.807, 2.05) is 48.5 Å². The van der Waals surface area contributed by atoms with Crippen LogP contribution in [0, 0.1) is 0 Å². The summed E-state index contributed by atoms with van der Waals surface area (Å²) in [5, 5.41) is 6.44. The number of para-hydroxylation sites is 1. The molecule has 1 aliphatic rings. The molecule has 3 aromatic rings. The first-order valence-electron chi connectivity index (χ1n) is 9.15. The van der Waals surface area contributed by atoms with E-state index in [4.69, 9.17) is 0 Å². The van der Waals surface area contributed by atoms with Crippen molar-refractivity contribution in [2.24, 2.45) is 0 Å². The average Bonchev–Trinajstić information content (AvgIpc) is 2.75. The summed E-state index contributed by atoms with van der Waals surface area (Å²) in [4.78, 5) is 19.2. The van der Waals surface area contributed by atoms with E-state index in [0.717, 1.165) is 31.1 Å². The average molecular weight is 358 g/mol. The number of benzene rings is 2. The highest BCUT2D eigenvalue weighted by Gasteiger charge is 2.21. The molecule has 0 saturated carbocycles. The van der Waals surface area contributed by atoms with Crippen molar-refractivity contribution >= 4 is 17.4 Å². The largest absolute Gasteiger partial charge is 0.353 e. The number of nitrogens with one attached hydrogen (secondary N) is 2. The molecule has 0 spiro atoms. The standard InChI is InChI=1S/C22H22N4O/c27-22(25-19-9-5-2-6-10-19)18-11-12-21(24-15-18)26-14-13-23-20(16-26)17-7-3-1-4-8-17/h1-12,15,20,23H,13-14,16H2,(H,25,27)/t20-/m0/s1. The van der Waals surface area contributed by atoms with Gasteiger partial charge in [0.25, 0.3) is 5.91 Å². The highest BCUT2D eigenvalue weighted by atomic mass is 16.1. The van der Waals surface area contributed by atoms with Crippen LogP contribution in [0.15, 0.2) is 79.0 Å². The van der Waals surface area contributed by atoms with E-state index < -0.39 is 0 Å². The molecular formula is C22H22N4O. The molecule has 0 bridgehead atoms. The molecule has 5 heteroatoms. The van der Waals surface area contributed by atoms with Gasteiger partial charge in [-0.1, -0.05) is 48.5 Å². The van der Waals surface area contributed by atoms with Gasteiger partial charge in [0.1, 0.15) is 5.82 Å². The molecule has 0 unspecified atom stereocenters. The van der Waals surface area contributed by atoms with E-state index in [2.05, 4.69) is 44.8 Å². The lowest BCUT2D eigenvalue weighted by Gasteiger charge is -2.34. The fourth-order valence-corrected chi connectivity index (χ4v) is 3.30. The molecule has 1 aromatic heterocycles. The van der Waals surface area contributed by atoms with E-state index in [1.165, 1.54) is 5.56 Å². The van der Waals surface area contributed by atoms with Crippen molar-refractivity contribution in [3.05, 3.63) is 90.1 Å². The summed E-state index contributed by atoms with van der Waals surface area (Å²) in [6.07, 6.45) is 1.65. The lowest BCUT2D eigenvalue weighted by atomic mass is 10.0. The van der Waals surface area contributed by atoms with Crippen LogP contribution in [0.25, 0.3) is 0 Å². The predicted octanol–water partition coefficient (Wildman–Crippen LogP) is 3.48. The van der Waals surface area contributed by atoms with E-state index in [9.17, 15) is 4.79 Å². The Balaban J connectivity index is 1.43. The molecule has 2 aromatic carbocycles. The molecule has 1 amide bonds. The first-order valence-corrected chi connectivity index (χ1v) is 9.15. The van der Waals surface area contributed by atoms with Crippen LogP contribution in [0.2, 0.25) is 0 Å². The van der Waals surface area contributed by atoms with Crippen molar-refractivity contribution in [1.82, 2.24) is 10.3 Å². The van der Waals surface area contributed by atoms with Gasteiger partial charge in [0.2, 0.25) is 0 Å². The fraction of sp³-hybridized carbons (Fsp3) is 0.182. The molecule has 0 radical (unpaired) electrons. The van der Waals surface area contributed by atoms with Gasteiger partial charge in [-0.2, -0.15) is 0 Å². The Kier molecular flexibility index (Phi) is 5.12. The SMILES string of the molecule is O=C(Nc1ccccc1)c1ccc(N2CCN[C@H](c3ccccc3)C2)nc1. The lowest BCUT2D eigenvalue weighted by molar-refractivity contribution is 0.102. The van der Waals surface area contributed by atoms with E-state index in [-0.39, 0.29) is 11.9 Å². The number of rotatable bonds is 4. The molecule has 1 fully saturated rings. The Labute approximate surface area is 159 Å². The van der Waals surface area contributed by atoms with Gasteiger partial charge in [-0.15, -0.1) is 0 Å². The second-order valence-electron chi connectivity index (χ2n) is 6.59. The summed E-state index contributed by atoms with van der Waals surface area (Å²) < 4.78 is 0. The van der Waals surface area contributed by atoms with Gasteiger partial charge in [0.15, 0.2) is 0 Å². The summed E-state index contributed by atoms with van der Waals surface area (Å²) in [7, 11) is 0. The van der Waals surface area contributed by atoms with Crippen molar-refractivity contribution in [2.45, 2.75) is 6.04 Å². The van der Waals surface area contributed by atoms with Crippen LogP contribution in [-0.4, -0.2) is 30.5 Å². The number of carbonyl (C=O) groups excluding carboxylic acids is 1. The highest BCUT2D eigenvalue weighted by molar-refractivity contribution is 6.04. The number of pyridine rings is 1. The van der Waals surface area contributed by atoms with Gasteiger partial charge < -0.3 is 15.5 Å². The lowest BCUT2D eigenvalue weighted by Crippen LogP contribution is -2.46. The number of nitrogens with zero attached hydrogens (tertiary/aromatic N) is 2. The van der Waals surface area contributed by atoms with Crippen LogP contribution in [0.4, 0.5) is 11.5 Å². The fourth-order valence-electron chi connectivity index (χ4n) is 3.30. The van der Waals surface area contributed by atoms with Gasteiger partial charge >= 0.3 is 0 Å². The zero-order chi connectivity index (χ0) is 18.5. The van der Waals surface area contributed by atoms with Gasteiger partial charge in [-0.05, 0) is 29.8 Å². The minimum absolute atomic E-state index is 0.150. The van der Waals surface area contributed by atoms with Crippen LogP contribution in [0.1, 0.15) is 22.0 Å². The van der Waals surface area contributed by atoms with Gasteiger partial charge in [0, 0.05) is 37.6 Å². The predicted molar refractivity (Wildman–Crippen MR) is 108 cm³/mol. The smallest absolute Gasteiger partial charge is 0.257 e. The van der Waals surface area contributed by atoms with Crippen molar-refractivity contribution in [1.29, 1.82) is 0 Å². The molecule has 27 heavy (non-hydrogen) atoms. The number of anilines is 2. The third kappa shape index (κ3) is 4.15. The summed E-state index contributed by atoms with van der Waals surface area (Å²) >= 11 is 0. The van der Waals surface area contributed by atoms with Gasteiger partial charge in [-0.3, -0.25) is 4.79 Å². The summed E-state index contributed by atoms with van der Waals surface area (Å²) in [6, 6.07) is 23.9. The minimum atomic E-state index is -0.150. The maximum Gasteiger partial charge on any atom is 0.257 e. The van der Waals surface area contributed by atoms with Crippen molar-refractivity contribution in [3.8, 4) is 0 Å². The first-order chi connectivity index (χ1) is 13.3. The van der Waals surface area contributed by atoms with Crippen LogP contribution >= 0.6 is 0 Å². The first kappa shape index (κ1) is 17.2. The minimum Gasteiger partial charge on any atom is -0.353 e. The van der Waals surface area contributed by atoms with Crippen LogP contribution in [-0.2, 0) is 0 Å². The van der Waals surface area contributed by atoms with Crippen LogP contribution in [0.5, 0.6) is 0 Å². The highest BCUT2D eigenvalue weighted by Crippen LogP contribution is 2.21. The van der Waals surface area contributed by atoms with Gasteiger partial charge in [0.05, 0.1) is 5.56 Å². The number of carbonyl (C=O) groups is 1. The summed E-state index contributed by atoms with van der Waals surface area (Å²) in [5.74, 6) is 0.747. The maximum atomic E-state index is 12.4. The van der Waals surface area contributed by atoms with E-state index in [1.54, 1.807) is 6.20 Å². The summed E-state index contributed by atoms with van der Waals surface area (Å²) in [5.41, 5.74) is 2.61. The van der Waals surface area contributed by atoms with Crippen LogP contribution in [0.3, 0.4) is 0 Å². The molecule has 136 valence electrons. The second-order valence-corrected chi connectivity index (χ2v) is 6.59. The third-order valence-corrected chi connectivity index (χ3v) is 4.74. The van der Waals surface area contributed by atoms with Crippen molar-refractivity contribution < 1.29 is 4.79 Å². The Bertz CT molecular complexity index is 881. The van der Waals surface area contributed by atoms with Crippen molar-refractivity contribution in [3.63, 3.8) is 0 Å². The monoisotopic (exact) mass is 358 g/mol. The molecule has 2 N–H and O–H groups in total. The molecule has 1 aliphatic heterocycles. The Morgan fingerprint density at radius 3 is 2.44 bits per heavy atom. The van der Waals surface area contributed by atoms with Gasteiger partial charge in [-0.25, -0.2) is 4.98 Å². The molecule has 2 heterocycles. The quantitative estimate of drug-likeness (QED) is 0.750. The number of aromatic nitrogens is 1. The van der Waals surface area contributed by atoms with E-state index >= 15 is 0 Å². The molecule has 1 atom stereocenters. The second kappa shape index (κ2) is 8.01. The number of amides is 1. The maximum absolute atomic E-state index is 12.4. The molecule has 5 nitrogen and oxygen atoms in total. The number of hydrogen-bond acceptors (Lipinski definition) is 4. The Hall–Kier alpha value is -3.18. The molecule has 0 aliphatic carbocycles. The topological polar surface area (TPSA) is 57.3 Å². The normalized spacial score (nSPS) is 16.7.